The molecule has 0 aromatic heterocycles. The highest BCUT2D eigenvalue weighted by Gasteiger charge is 1.92. The molecule has 0 saturated heterocycles. The van der Waals surface area contributed by atoms with Gasteiger partial charge < -0.3 is 0 Å². The monoisotopic (exact) mass is 220 g/mol. The molecule has 4 nitrogen and oxygen atoms in total. The summed E-state index contributed by atoms with van der Waals surface area (Å²) in [6.07, 6.45) is 8.45. The largest absolute Gasteiger partial charge is 0.240 e. The highest BCUT2D eigenvalue weighted by atomic mass is 17.2. The Morgan fingerprint density at radius 1 is 0.533 bits per heavy atom. The van der Waals surface area contributed by atoms with Crippen molar-refractivity contribution in [3.8, 4) is 0 Å². The first-order chi connectivity index (χ1) is 7.41. The Morgan fingerprint density at radius 3 is 1.20 bits per heavy atom. The highest BCUT2D eigenvalue weighted by Crippen LogP contribution is 2.07. The summed E-state index contributed by atoms with van der Waals surface area (Å²) in [5.74, 6) is 0. The molecule has 0 radical (unpaired) electrons. The van der Waals surface area contributed by atoms with Crippen LogP contribution in [0.25, 0.3) is 0 Å². The van der Waals surface area contributed by atoms with E-state index in [-0.39, 0.29) is 0 Å². The predicted octanol–water partition coefficient (Wildman–Crippen LogP) is 2.87. The summed E-state index contributed by atoms with van der Waals surface area (Å²) in [6, 6.07) is 0. The molecule has 0 aliphatic carbocycles. The third kappa shape index (κ3) is 13.8. The quantitative estimate of drug-likeness (QED) is 0.288. The third-order valence-corrected chi connectivity index (χ3v) is 2.19. The Hall–Kier alpha value is -0.160. The van der Waals surface area contributed by atoms with Crippen molar-refractivity contribution in [3.05, 3.63) is 0 Å². The third-order valence-electron chi connectivity index (χ3n) is 2.19. The van der Waals surface area contributed by atoms with Crippen LogP contribution in [0, 0.1) is 0 Å². The van der Waals surface area contributed by atoms with Crippen LogP contribution in [-0.4, -0.2) is 27.4 Å². The van der Waals surface area contributed by atoms with Gasteiger partial charge in [-0.15, -0.1) is 0 Å². The summed E-state index contributed by atoms with van der Waals surface area (Å²) in [5, 5.41) is 0. The van der Waals surface area contributed by atoms with Crippen molar-refractivity contribution in [3.63, 3.8) is 0 Å². The van der Waals surface area contributed by atoms with Gasteiger partial charge in [-0.25, -0.2) is 19.6 Å². The van der Waals surface area contributed by atoms with Crippen LogP contribution >= 0.6 is 0 Å². The van der Waals surface area contributed by atoms with Gasteiger partial charge in [0.15, 0.2) is 0 Å². The van der Waals surface area contributed by atoms with Crippen LogP contribution in [-0.2, 0) is 19.6 Å². The van der Waals surface area contributed by atoms with Gasteiger partial charge in [0, 0.05) is 0 Å². The lowest BCUT2D eigenvalue weighted by Crippen LogP contribution is -1.93. The van der Waals surface area contributed by atoms with E-state index in [0.29, 0.717) is 13.2 Å². The predicted molar refractivity (Wildman–Crippen MR) is 58.2 cm³/mol. The Kier molecular flexibility index (Phi) is 13.7. The fourth-order valence-electron chi connectivity index (χ4n) is 1.37. The van der Waals surface area contributed by atoms with Gasteiger partial charge in [-0.3, -0.25) is 0 Å². The van der Waals surface area contributed by atoms with Crippen LogP contribution in [0.15, 0.2) is 0 Å². The second kappa shape index (κ2) is 13.8. The van der Waals surface area contributed by atoms with Crippen molar-refractivity contribution in [2.45, 2.75) is 44.9 Å². The molecule has 0 rings (SSSR count). The number of hydrogen-bond acceptors (Lipinski definition) is 4. The average molecular weight is 220 g/mol. The summed E-state index contributed by atoms with van der Waals surface area (Å²) in [4.78, 5) is 18.5. The molecule has 0 amide bonds. The molecule has 0 unspecified atom stereocenters. The molecular formula is C11H24O4. The van der Waals surface area contributed by atoms with Gasteiger partial charge >= 0.3 is 0 Å². The lowest BCUT2D eigenvalue weighted by molar-refractivity contribution is -0.272. The van der Waals surface area contributed by atoms with Crippen molar-refractivity contribution >= 4 is 0 Å². The maximum atomic E-state index is 4.78. The van der Waals surface area contributed by atoms with Crippen LogP contribution in [0.1, 0.15) is 44.9 Å². The Bertz CT molecular complexity index is 96.8. The fraction of sp³-hybridized carbons (Fsp3) is 1.00. The number of hydrogen-bond donors (Lipinski definition) is 0. The van der Waals surface area contributed by atoms with Gasteiger partial charge in [-0.05, 0) is 12.8 Å². The zero-order chi connectivity index (χ0) is 11.2. The van der Waals surface area contributed by atoms with E-state index in [2.05, 4.69) is 9.78 Å². The molecule has 0 aliphatic heterocycles. The fourth-order valence-corrected chi connectivity index (χ4v) is 1.37. The van der Waals surface area contributed by atoms with Crippen molar-refractivity contribution in [2.75, 3.05) is 27.4 Å². The molecule has 0 aliphatic rings. The van der Waals surface area contributed by atoms with Gasteiger partial charge in [0.1, 0.15) is 0 Å². The van der Waals surface area contributed by atoms with E-state index in [1.807, 2.05) is 0 Å². The Labute approximate surface area is 92.7 Å². The number of unbranched alkanes of at least 4 members (excludes halogenated alkanes) is 6. The van der Waals surface area contributed by atoms with Gasteiger partial charge in [0.05, 0.1) is 27.4 Å². The smallest absolute Gasteiger partial charge is 0.0822 e. The topological polar surface area (TPSA) is 36.9 Å². The summed E-state index contributed by atoms with van der Waals surface area (Å²) in [7, 11) is 3.09. The zero-order valence-corrected chi connectivity index (χ0v) is 10.00. The molecule has 92 valence electrons. The zero-order valence-electron chi connectivity index (χ0n) is 10.00. The molecule has 0 saturated carbocycles. The maximum Gasteiger partial charge on any atom is 0.0822 e. The first-order valence-electron chi connectivity index (χ1n) is 5.73. The highest BCUT2D eigenvalue weighted by molar-refractivity contribution is 4.45. The summed E-state index contributed by atoms with van der Waals surface area (Å²) < 4.78 is 0. The second-order valence-corrected chi connectivity index (χ2v) is 3.45. The first kappa shape index (κ1) is 14.8. The molecule has 4 heteroatoms. The van der Waals surface area contributed by atoms with Gasteiger partial charge in [0.25, 0.3) is 0 Å². The minimum Gasteiger partial charge on any atom is -0.240 e. The molecule has 0 N–H and O–H groups in total. The SMILES string of the molecule is COOCCCCCCCCCOOC. The first-order valence-corrected chi connectivity index (χ1v) is 5.73. The van der Waals surface area contributed by atoms with E-state index >= 15 is 0 Å². The van der Waals surface area contributed by atoms with Crippen LogP contribution in [0.5, 0.6) is 0 Å². The van der Waals surface area contributed by atoms with Crippen LogP contribution < -0.4 is 0 Å². The summed E-state index contributed by atoms with van der Waals surface area (Å²) in [6.45, 7) is 1.41. The molecule has 0 spiro atoms. The molecule has 0 atom stereocenters. The molecule has 0 aromatic rings. The van der Waals surface area contributed by atoms with Crippen LogP contribution in [0.3, 0.4) is 0 Å². The van der Waals surface area contributed by atoms with E-state index in [1.54, 1.807) is 14.2 Å². The van der Waals surface area contributed by atoms with E-state index in [0.717, 1.165) is 12.8 Å². The molecule has 0 heterocycles. The van der Waals surface area contributed by atoms with Crippen molar-refractivity contribution in [1.82, 2.24) is 0 Å². The summed E-state index contributed by atoms with van der Waals surface area (Å²) >= 11 is 0. The van der Waals surface area contributed by atoms with Gasteiger partial charge in [-0.1, -0.05) is 32.1 Å². The lowest BCUT2D eigenvalue weighted by Gasteiger charge is -2.02. The van der Waals surface area contributed by atoms with E-state index in [4.69, 9.17) is 9.78 Å². The Balaban J connectivity index is 2.81. The van der Waals surface area contributed by atoms with Crippen molar-refractivity contribution in [2.24, 2.45) is 0 Å². The maximum absolute atomic E-state index is 4.78. The summed E-state index contributed by atoms with van der Waals surface area (Å²) in [5.41, 5.74) is 0. The van der Waals surface area contributed by atoms with E-state index < -0.39 is 0 Å². The van der Waals surface area contributed by atoms with Crippen LogP contribution in [0.2, 0.25) is 0 Å². The van der Waals surface area contributed by atoms with E-state index in [1.165, 1.54) is 32.1 Å². The van der Waals surface area contributed by atoms with Gasteiger partial charge in [-0.2, -0.15) is 0 Å². The Morgan fingerprint density at radius 2 is 0.867 bits per heavy atom. The minimum atomic E-state index is 0.707. The lowest BCUT2D eigenvalue weighted by atomic mass is 10.1. The number of rotatable bonds is 12. The van der Waals surface area contributed by atoms with E-state index in [9.17, 15) is 0 Å². The molecule has 0 bridgehead atoms. The molecule has 0 fully saturated rings. The molecular weight excluding hydrogens is 196 g/mol. The van der Waals surface area contributed by atoms with Crippen LogP contribution in [0.4, 0.5) is 0 Å². The molecule has 0 aromatic carbocycles. The normalized spacial score (nSPS) is 10.8. The van der Waals surface area contributed by atoms with Crippen molar-refractivity contribution in [1.29, 1.82) is 0 Å². The second-order valence-electron chi connectivity index (χ2n) is 3.45. The molecule has 15 heavy (non-hydrogen) atoms. The standard InChI is InChI=1S/C11H24O4/c1-12-14-10-8-6-4-3-5-7-9-11-15-13-2/h3-11H2,1-2H3. The van der Waals surface area contributed by atoms with Gasteiger partial charge in [0.2, 0.25) is 0 Å². The van der Waals surface area contributed by atoms with Crippen molar-refractivity contribution < 1.29 is 19.6 Å². The average Bonchev–Trinajstić information content (AvgIpc) is 2.26. The minimum absolute atomic E-state index is 0.707.